The molecule has 0 aliphatic carbocycles. The molecule has 18 heavy (non-hydrogen) atoms. The number of nitrogens with zero attached hydrogens (tertiary/aromatic N) is 3. The van der Waals surface area contributed by atoms with E-state index in [2.05, 4.69) is 37.0 Å². The van der Waals surface area contributed by atoms with Gasteiger partial charge in [0.15, 0.2) is 0 Å². The van der Waals surface area contributed by atoms with Crippen molar-refractivity contribution in [3.05, 3.63) is 28.5 Å². The molecule has 2 aromatic heterocycles. The summed E-state index contributed by atoms with van der Waals surface area (Å²) in [5.41, 5.74) is 6.98. The monoisotopic (exact) mass is 263 g/mol. The molecule has 5 nitrogen and oxygen atoms in total. The van der Waals surface area contributed by atoms with Gasteiger partial charge in [0.2, 0.25) is 5.95 Å². The number of anilines is 3. The lowest BCUT2D eigenvalue weighted by Gasteiger charge is -2.18. The predicted octanol–water partition coefficient (Wildman–Crippen LogP) is 2.19. The second-order valence-corrected chi connectivity index (χ2v) is 4.77. The molecule has 0 spiro atoms. The van der Waals surface area contributed by atoms with Gasteiger partial charge in [-0.25, -0.2) is 0 Å². The average molecular weight is 263 g/mol. The molecule has 0 radical (unpaired) electrons. The fraction of sp³-hybridized carbons (Fsp3) is 0.333. The van der Waals surface area contributed by atoms with Crippen LogP contribution in [0.5, 0.6) is 0 Å². The van der Waals surface area contributed by atoms with Crippen molar-refractivity contribution in [2.45, 2.75) is 13.5 Å². The summed E-state index contributed by atoms with van der Waals surface area (Å²) in [7, 11) is 2.00. The Morgan fingerprint density at radius 1 is 1.44 bits per heavy atom. The SMILES string of the molecule is CCNc1cc(N(C)Cc2ccsc2)nc(N)n1. The molecule has 0 saturated heterocycles. The zero-order valence-electron chi connectivity index (χ0n) is 10.6. The summed E-state index contributed by atoms with van der Waals surface area (Å²) in [4.78, 5) is 10.4. The van der Waals surface area contributed by atoms with E-state index in [0.29, 0.717) is 5.95 Å². The van der Waals surface area contributed by atoms with E-state index >= 15 is 0 Å². The van der Waals surface area contributed by atoms with Crippen molar-refractivity contribution in [3.63, 3.8) is 0 Å². The van der Waals surface area contributed by atoms with Crippen LogP contribution < -0.4 is 16.0 Å². The van der Waals surface area contributed by atoms with Crippen molar-refractivity contribution < 1.29 is 0 Å². The van der Waals surface area contributed by atoms with E-state index in [1.165, 1.54) is 5.56 Å². The first-order valence-electron chi connectivity index (χ1n) is 5.79. The smallest absolute Gasteiger partial charge is 0.223 e. The van der Waals surface area contributed by atoms with Gasteiger partial charge in [-0.1, -0.05) is 0 Å². The number of hydrogen-bond donors (Lipinski definition) is 2. The van der Waals surface area contributed by atoms with Crippen molar-refractivity contribution in [2.24, 2.45) is 0 Å². The van der Waals surface area contributed by atoms with Crippen LogP contribution in [0.15, 0.2) is 22.9 Å². The van der Waals surface area contributed by atoms with E-state index < -0.39 is 0 Å². The third-order valence-corrected chi connectivity index (χ3v) is 3.21. The van der Waals surface area contributed by atoms with Crippen LogP contribution in [0.2, 0.25) is 0 Å². The van der Waals surface area contributed by atoms with Gasteiger partial charge in [-0.2, -0.15) is 21.3 Å². The Balaban J connectivity index is 2.16. The van der Waals surface area contributed by atoms with Crippen LogP contribution in [0, 0.1) is 0 Å². The van der Waals surface area contributed by atoms with E-state index in [4.69, 9.17) is 5.73 Å². The molecule has 0 aliphatic heterocycles. The summed E-state index contributed by atoms with van der Waals surface area (Å²) >= 11 is 1.69. The molecule has 0 unspecified atom stereocenters. The number of thiophene rings is 1. The van der Waals surface area contributed by atoms with Crippen molar-refractivity contribution in [1.29, 1.82) is 0 Å². The molecule has 0 fully saturated rings. The second kappa shape index (κ2) is 5.68. The summed E-state index contributed by atoms with van der Waals surface area (Å²) in [6.07, 6.45) is 0. The molecule has 0 atom stereocenters. The third kappa shape index (κ3) is 3.10. The van der Waals surface area contributed by atoms with Crippen molar-refractivity contribution in [3.8, 4) is 0 Å². The fourth-order valence-electron chi connectivity index (χ4n) is 1.66. The molecule has 0 bridgehead atoms. The Labute approximate surface area is 111 Å². The third-order valence-electron chi connectivity index (χ3n) is 2.48. The highest BCUT2D eigenvalue weighted by Gasteiger charge is 2.07. The highest BCUT2D eigenvalue weighted by Crippen LogP contribution is 2.18. The van der Waals surface area contributed by atoms with Crippen LogP contribution >= 0.6 is 11.3 Å². The summed E-state index contributed by atoms with van der Waals surface area (Å²) < 4.78 is 0. The molecule has 2 heterocycles. The van der Waals surface area contributed by atoms with Gasteiger partial charge in [0.25, 0.3) is 0 Å². The summed E-state index contributed by atoms with van der Waals surface area (Å²) in [5.74, 6) is 1.88. The lowest BCUT2D eigenvalue weighted by atomic mass is 10.3. The zero-order valence-corrected chi connectivity index (χ0v) is 11.4. The van der Waals surface area contributed by atoms with E-state index in [1.54, 1.807) is 11.3 Å². The predicted molar refractivity (Wildman–Crippen MR) is 77.0 cm³/mol. The first kappa shape index (κ1) is 12.6. The van der Waals surface area contributed by atoms with Crippen LogP contribution in [0.4, 0.5) is 17.6 Å². The van der Waals surface area contributed by atoms with E-state index in [9.17, 15) is 0 Å². The number of nitrogen functional groups attached to an aromatic ring is 1. The van der Waals surface area contributed by atoms with Crippen LogP contribution in [0.3, 0.4) is 0 Å². The maximum atomic E-state index is 5.71. The van der Waals surface area contributed by atoms with Gasteiger partial charge >= 0.3 is 0 Å². The highest BCUT2D eigenvalue weighted by molar-refractivity contribution is 7.07. The van der Waals surface area contributed by atoms with Crippen LogP contribution in [-0.2, 0) is 6.54 Å². The zero-order chi connectivity index (χ0) is 13.0. The largest absolute Gasteiger partial charge is 0.370 e. The minimum atomic E-state index is 0.292. The molecule has 0 aromatic carbocycles. The molecule has 0 saturated carbocycles. The topological polar surface area (TPSA) is 67.1 Å². The average Bonchev–Trinajstić information content (AvgIpc) is 2.81. The lowest BCUT2D eigenvalue weighted by Crippen LogP contribution is -2.18. The Kier molecular flexibility index (Phi) is 3.99. The highest BCUT2D eigenvalue weighted by atomic mass is 32.1. The van der Waals surface area contributed by atoms with Crippen molar-refractivity contribution in [1.82, 2.24) is 9.97 Å². The Hall–Kier alpha value is -1.82. The molecular weight excluding hydrogens is 246 g/mol. The van der Waals surface area contributed by atoms with E-state index in [1.807, 2.05) is 20.0 Å². The standard InChI is InChI=1S/C12H17N5S/c1-3-14-10-6-11(16-12(13)15-10)17(2)7-9-4-5-18-8-9/h4-6,8H,3,7H2,1-2H3,(H3,13,14,15,16). The molecule has 6 heteroatoms. The summed E-state index contributed by atoms with van der Waals surface area (Å²) in [5, 5.41) is 7.35. The Morgan fingerprint density at radius 3 is 2.94 bits per heavy atom. The molecule has 2 rings (SSSR count). The Morgan fingerprint density at radius 2 is 2.28 bits per heavy atom. The van der Waals surface area contributed by atoms with Gasteiger partial charge in [-0.15, -0.1) is 0 Å². The molecular formula is C12H17N5S. The van der Waals surface area contributed by atoms with Crippen LogP contribution in [-0.4, -0.2) is 23.6 Å². The van der Waals surface area contributed by atoms with Crippen molar-refractivity contribution >= 4 is 28.9 Å². The lowest BCUT2D eigenvalue weighted by molar-refractivity contribution is 0.897. The van der Waals surface area contributed by atoms with Gasteiger partial charge in [0.1, 0.15) is 11.6 Å². The maximum absolute atomic E-state index is 5.71. The van der Waals surface area contributed by atoms with Crippen LogP contribution in [0.1, 0.15) is 12.5 Å². The number of aromatic nitrogens is 2. The minimum absolute atomic E-state index is 0.292. The Bertz CT molecular complexity index is 497. The number of nitrogens with two attached hydrogens (primary N) is 1. The summed E-state index contributed by atoms with van der Waals surface area (Å²) in [6.45, 7) is 3.64. The van der Waals surface area contributed by atoms with Gasteiger partial charge in [0, 0.05) is 26.2 Å². The fourth-order valence-corrected chi connectivity index (χ4v) is 2.32. The van der Waals surface area contributed by atoms with Crippen LogP contribution in [0.25, 0.3) is 0 Å². The molecule has 2 aromatic rings. The normalized spacial score (nSPS) is 10.3. The minimum Gasteiger partial charge on any atom is -0.370 e. The number of hydrogen-bond acceptors (Lipinski definition) is 6. The van der Waals surface area contributed by atoms with Gasteiger partial charge in [-0.3, -0.25) is 0 Å². The molecule has 0 aliphatic rings. The molecule has 0 amide bonds. The van der Waals surface area contributed by atoms with Gasteiger partial charge in [-0.05, 0) is 29.3 Å². The maximum Gasteiger partial charge on any atom is 0.223 e. The van der Waals surface area contributed by atoms with E-state index in [0.717, 1.165) is 24.7 Å². The first-order chi connectivity index (χ1) is 8.69. The second-order valence-electron chi connectivity index (χ2n) is 3.99. The first-order valence-corrected chi connectivity index (χ1v) is 6.74. The van der Waals surface area contributed by atoms with Crippen molar-refractivity contribution in [2.75, 3.05) is 29.5 Å². The molecule has 3 N–H and O–H groups in total. The van der Waals surface area contributed by atoms with Gasteiger partial charge < -0.3 is 16.0 Å². The summed E-state index contributed by atoms with van der Waals surface area (Å²) in [6, 6.07) is 4.02. The number of rotatable bonds is 5. The van der Waals surface area contributed by atoms with Gasteiger partial charge in [0.05, 0.1) is 0 Å². The quantitative estimate of drug-likeness (QED) is 0.865. The van der Waals surface area contributed by atoms with E-state index in [-0.39, 0.29) is 0 Å². The molecule has 96 valence electrons. The number of nitrogens with one attached hydrogen (secondary N) is 1.